The first-order valence-electron chi connectivity index (χ1n) is 6.81. The highest BCUT2D eigenvalue weighted by molar-refractivity contribution is 5.56. The van der Waals surface area contributed by atoms with E-state index in [0.29, 0.717) is 12.4 Å². The normalized spacial score (nSPS) is 20.3. The summed E-state index contributed by atoms with van der Waals surface area (Å²) in [4.78, 5) is 2.30. The average molecular weight is 264 g/mol. The van der Waals surface area contributed by atoms with E-state index in [1.165, 1.54) is 0 Å². The number of nitrogens with one attached hydrogen (secondary N) is 1. The zero-order valence-electron chi connectivity index (χ0n) is 12.2. The van der Waals surface area contributed by atoms with Gasteiger partial charge in [0.15, 0.2) is 0 Å². The van der Waals surface area contributed by atoms with Crippen LogP contribution in [0.5, 0.6) is 5.75 Å². The van der Waals surface area contributed by atoms with Crippen molar-refractivity contribution in [1.82, 2.24) is 5.32 Å². The second-order valence-corrected chi connectivity index (χ2v) is 5.77. The maximum Gasteiger partial charge on any atom is 0.122 e. The molecule has 0 saturated carbocycles. The summed E-state index contributed by atoms with van der Waals surface area (Å²) in [6.07, 6.45) is 0. The van der Waals surface area contributed by atoms with Gasteiger partial charge in [0.25, 0.3) is 0 Å². The molecule has 4 heteroatoms. The van der Waals surface area contributed by atoms with Crippen LogP contribution in [0.2, 0.25) is 0 Å². The first-order valence-corrected chi connectivity index (χ1v) is 6.81. The molecule has 0 aliphatic carbocycles. The zero-order valence-corrected chi connectivity index (χ0v) is 12.2. The van der Waals surface area contributed by atoms with Crippen LogP contribution in [0.4, 0.5) is 5.69 Å². The zero-order chi connectivity index (χ0) is 14.0. The van der Waals surface area contributed by atoms with Crippen LogP contribution in [-0.2, 0) is 4.74 Å². The van der Waals surface area contributed by atoms with Gasteiger partial charge in [-0.3, -0.25) is 0 Å². The van der Waals surface area contributed by atoms with Crippen LogP contribution in [0.3, 0.4) is 0 Å². The number of phenols is 1. The van der Waals surface area contributed by atoms with Gasteiger partial charge >= 0.3 is 0 Å². The van der Waals surface area contributed by atoms with E-state index in [4.69, 9.17) is 4.74 Å². The van der Waals surface area contributed by atoms with E-state index in [-0.39, 0.29) is 11.6 Å². The van der Waals surface area contributed by atoms with Gasteiger partial charge in [0.2, 0.25) is 0 Å². The van der Waals surface area contributed by atoms with Crippen LogP contribution in [0.25, 0.3) is 0 Å². The number of phenolic OH excluding ortho intramolecular Hbond substituents is 1. The number of rotatable bonds is 3. The molecule has 2 rings (SSSR count). The van der Waals surface area contributed by atoms with E-state index in [1.54, 1.807) is 0 Å². The second kappa shape index (κ2) is 5.39. The van der Waals surface area contributed by atoms with E-state index < -0.39 is 0 Å². The average Bonchev–Trinajstić information content (AvgIpc) is 2.37. The minimum absolute atomic E-state index is 0.0408. The van der Waals surface area contributed by atoms with Crippen LogP contribution in [0.15, 0.2) is 18.2 Å². The van der Waals surface area contributed by atoms with Gasteiger partial charge < -0.3 is 20.1 Å². The molecule has 1 aliphatic heterocycles. The van der Waals surface area contributed by atoms with Gasteiger partial charge in [0.1, 0.15) is 5.75 Å². The molecule has 0 radical (unpaired) electrons. The SMILES string of the molecule is CNC(C)c1ccc(N2CCOCC2(C)C)cc1O. The van der Waals surface area contributed by atoms with Gasteiger partial charge in [-0.25, -0.2) is 0 Å². The molecule has 1 aliphatic rings. The molecule has 19 heavy (non-hydrogen) atoms. The topological polar surface area (TPSA) is 44.7 Å². The van der Waals surface area contributed by atoms with Gasteiger partial charge in [-0.1, -0.05) is 6.07 Å². The van der Waals surface area contributed by atoms with Crippen molar-refractivity contribution in [3.05, 3.63) is 23.8 Å². The quantitative estimate of drug-likeness (QED) is 0.879. The van der Waals surface area contributed by atoms with E-state index in [1.807, 2.05) is 26.1 Å². The minimum Gasteiger partial charge on any atom is -0.508 e. The van der Waals surface area contributed by atoms with Crippen molar-refractivity contribution in [3.63, 3.8) is 0 Å². The maximum absolute atomic E-state index is 10.2. The van der Waals surface area contributed by atoms with Crippen molar-refractivity contribution in [1.29, 1.82) is 0 Å². The molecule has 1 atom stereocenters. The van der Waals surface area contributed by atoms with Crippen molar-refractivity contribution in [2.45, 2.75) is 32.4 Å². The number of nitrogens with zero attached hydrogens (tertiary/aromatic N) is 1. The molecule has 0 bridgehead atoms. The molecule has 1 saturated heterocycles. The lowest BCUT2D eigenvalue weighted by molar-refractivity contribution is 0.0644. The van der Waals surface area contributed by atoms with Crippen molar-refractivity contribution in [3.8, 4) is 5.75 Å². The first kappa shape index (κ1) is 14.2. The third-order valence-electron chi connectivity index (χ3n) is 3.87. The summed E-state index contributed by atoms with van der Waals surface area (Å²) < 4.78 is 5.53. The van der Waals surface area contributed by atoms with Gasteiger partial charge in [0.05, 0.1) is 18.8 Å². The standard InChI is InChI=1S/C15H24N2O2/c1-11(16-4)13-6-5-12(9-14(13)18)17-7-8-19-10-15(17,2)3/h5-6,9,11,16,18H,7-8,10H2,1-4H3. The first-order chi connectivity index (χ1) is 8.95. The van der Waals surface area contributed by atoms with Crippen molar-refractivity contribution in [2.75, 3.05) is 31.7 Å². The third kappa shape index (κ3) is 2.85. The molecule has 1 fully saturated rings. The molecule has 1 unspecified atom stereocenters. The van der Waals surface area contributed by atoms with Crippen LogP contribution < -0.4 is 10.2 Å². The van der Waals surface area contributed by atoms with Crippen LogP contribution in [0.1, 0.15) is 32.4 Å². The predicted molar refractivity (Wildman–Crippen MR) is 77.8 cm³/mol. The summed E-state index contributed by atoms with van der Waals surface area (Å²) in [6.45, 7) is 8.66. The highest BCUT2D eigenvalue weighted by atomic mass is 16.5. The summed E-state index contributed by atoms with van der Waals surface area (Å²) in [7, 11) is 1.89. The molecule has 0 aromatic heterocycles. The molecule has 1 aromatic carbocycles. The summed E-state index contributed by atoms with van der Waals surface area (Å²) in [5.74, 6) is 0.349. The fourth-order valence-electron chi connectivity index (χ4n) is 2.56. The van der Waals surface area contributed by atoms with E-state index >= 15 is 0 Å². The fraction of sp³-hybridized carbons (Fsp3) is 0.600. The van der Waals surface area contributed by atoms with Crippen molar-refractivity contribution >= 4 is 5.69 Å². The van der Waals surface area contributed by atoms with E-state index in [0.717, 1.165) is 24.4 Å². The number of morpholine rings is 1. The third-order valence-corrected chi connectivity index (χ3v) is 3.87. The molecule has 106 valence electrons. The van der Waals surface area contributed by atoms with Crippen LogP contribution in [0, 0.1) is 0 Å². The van der Waals surface area contributed by atoms with E-state index in [9.17, 15) is 5.11 Å². The number of hydrogen-bond donors (Lipinski definition) is 2. The number of hydrogen-bond acceptors (Lipinski definition) is 4. The van der Waals surface area contributed by atoms with Crippen molar-refractivity contribution < 1.29 is 9.84 Å². The van der Waals surface area contributed by atoms with Gasteiger partial charge in [-0.05, 0) is 33.9 Å². The van der Waals surface area contributed by atoms with Gasteiger partial charge in [0, 0.05) is 29.9 Å². The highest BCUT2D eigenvalue weighted by Crippen LogP contribution is 2.33. The van der Waals surface area contributed by atoms with E-state index in [2.05, 4.69) is 30.1 Å². The molecule has 1 heterocycles. The summed E-state index contributed by atoms with van der Waals surface area (Å²) in [6, 6.07) is 6.08. The molecular formula is C15H24N2O2. The number of ether oxygens (including phenoxy) is 1. The number of aromatic hydroxyl groups is 1. The molecular weight excluding hydrogens is 240 g/mol. The minimum atomic E-state index is -0.0408. The van der Waals surface area contributed by atoms with Crippen LogP contribution in [-0.4, -0.2) is 37.5 Å². The Morgan fingerprint density at radius 1 is 1.42 bits per heavy atom. The van der Waals surface area contributed by atoms with Crippen molar-refractivity contribution in [2.24, 2.45) is 0 Å². The Morgan fingerprint density at radius 3 is 2.74 bits per heavy atom. The van der Waals surface area contributed by atoms with Gasteiger partial charge in [-0.15, -0.1) is 0 Å². The monoisotopic (exact) mass is 264 g/mol. The summed E-state index contributed by atoms with van der Waals surface area (Å²) in [5.41, 5.74) is 1.94. The lowest BCUT2D eigenvalue weighted by atomic mass is 10.00. The molecule has 2 N–H and O–H groups in total. The lowest BCUT2D eigenvalue weighted by Crippen LogP contribution is -2.53. The Hall–Kier alpha value is -1.26. The Labute approximate surface area is 115 Å². The molecule has 0 spiro atoms. The molecule has 4 nitrogen and oxygen atoms in total. The Bertz CT molecular complexity index is 446. The number of benzene rings is 1. The summed E-state index contributed by atoms with van der Waals surface area (Å²) in [5, 5.41) is 13.3. The Balaban J connectivity index is 2.28. The van der Waals surface area contributed by atoms with Gasteiger partial charge in [-0.2, -0.15) is 0 Å². The lowest BCUT2D eigenvalue weighted by Gasteiger charge is -2.44. The molecule has 1 aromatic rings. The fourth-order valence-corrected chi connectivity index (χ4v) is 2.56. The van der Waals surface area contributed by atoms with Crippen LogP contribution >= 0.6 is 0 Å². The Morgan fingerprint density at radius 2 is 2.16 bits per heavy atom. The maximum atomic E-state index is 10.2. The Kier molecular flexibility index (Phi) is 4.02. The molecule has 0 amide bonds. The predicted octanol–water partition coefficient (Wildman–Crippen LogP) is 2.29. The number of anilines is 1. The smallest absolute Gasteiger partial charge is 0.122 e. The highest BCUT2D eigenvalue weighted by Gasteiger charge is 2.31. The second-order valence-electron chi connectivity index (χ2n) is 5.77. The summed E-state index contributed by atoms with van der Waals surface area (Å²) >= 11 is 0. The largest absolute Gasteiger partial charge is 0.508 e.